The summed E-state index contributed by atoms with van der Waals surface area (Å²) in [6, 6.07) is 7.87. The van der Waals surface area contributed by atoms with Crippen molar-refractivity contribution in [3.63, 3.8) is 0 Å². The molecule has 0 bridgehead atoms. The Kier molecular flexibility index (Phi) is 5.94. The minimum atomic E-state index is -0.355. The lowest BCUT2D eigenvalue weighted by molar-refractivity contribution is -0.142. The Balaban J connectivity index is 2.05. The molecule has 118 valence electrons. The third-order valence-corrected chi connectivity index (χ3v) is 4.05. The van der Waals surface area contributed by atoms with Crippen LogP contribution in [-0.4, -0.2) is 38.0 Å². The number of unbranched alkanes of at least 4 members (excludes halogenated alkanes) is 1. The summed E-state index contributed by atoms with van der Waals surface area (Å²) in [5.74, 6) is -0.239. The molecule has 1 aromatic carbocycles. The summed E-state index contributed by atoms with van der Waals surface area (Å²) in [6.07, 6.45) is 1.88. The third-order valence-electron chi connectivity index (χ3n) is 3.04. The maximum Gasteiger partial charge on any atom is 0.319 e. The number of hydrogen-bond acceptors (Lipinski definition) is 6. The van der Waals surface area contributed by atoms with E-state index in [0.717, 1.165) is 24.1 Å². The van der Waals surface area contributed by atoms with Crippen LogP contribution in [0.2, 0.25) is 0 Å². The second-order valence-electron chi connectivity index (χ2n) is 4.99. The van der Waals surface area contributed by atoms with Crippen molar-refractivity contribution in [3.8, 4) is 5.69 Å². The van der Waals surface area contributed by atoms with E-state index in [1.165, 1.54) is 11.8 Å². The summed E-state index contributed by atoms with van der Waals surface area (Å²) in [6.45, 7) is 6.33. The van der Waals surface area contributed by atoms with Gasteiger partial charge in [-0.1, -0.05) is 37.2 Å². The first-order valence-electron chi connectivity index (χ1n) is 7.30. The fourth-order valence-corrected chi connectivity index (χ4v) is 2.62. The summed E-state index contributed by atoms with van der Waals surface area (Å²) >= 11 is 1.30. The fourth-order valence-electron chi connectivity index (χ4n) is 1.81. The zero-order valence-electron chi connectivity index (χ0n) is 13.0. The third kappa shape index (κ3) is 4.30. The Morgan fingerprint density at radius 2 is 2.27 bits per heavy atom. The van der Waals surface area contributed by atoms with Crippen LogP contribution in [0.5, 0.6) is 0 Å². The van der Waals surface area contributed by atoms with Crippen LogP contribution in [0.4, 0.5) is 0 Å². The Bertz CT molecular complexity index is 630. The highest BCUT2D eigenvalue weighted by atomic mass is 32.2. The molecule has 0 radical (unpaired) electrons. The van der Waals surface area contributed by atoms with Gasteiger partial charge in [0.2, 0.25) is 5.16 Å². The highest BCUT2D eigenvalue weighted by molar-refractivity contribution is 8.00. The lowest BCUT2D eigenvalue weighted by Gasteiger charge is -2.11. The first kappa shape index (κ1) is 16.5. The molecule has 22 heavy (non-hydrogen) atoms. The molecule has 0 aliphatic heterocycles. The number of rotatable bonds is 7. The number of carbonyl (C=O) groups excluding carboxylic acids is 1. The molecule has 0 aliphatic rings. The Morgan fingerprint density at radius 1 is 1.45 bits per heavy atom. The van der Waals surface area contributed by atoms with Crippen LogP contribution in [0.25, 0.3) is 5.69 Å². The van der Waals surface area contributed by atoms with Crippen LogP contribution >= 0.6 is 11.8 Å². The van der Waals surface area contributed by atoms with Gasteiger partial charge < -0.3 is 4.74 Å². The first-order chi connectivity index (χ1) is 10.6. The van der Waals surface area contributed by atoms with Crippen molar-refractivity contribution in [2.75, 3.05) is 6.61 Å². The quantitative estimate of drug-likeness (QED) is 0.444. The van der Waals surface area contributed by atoms with Gasteiger partial charge in [-0.2, -0.15) is 4.68 Å². The molecular formula is C15H20N4O2S. The first-order valence-corrected chi connectivity index (χ1v) is 8.18. The molecule has 0 saturated heterocycles. The lowest BCUT2D eigenvalue weighted by atomic mass is 10.2. The summed E-state index contributed by atoms with van der Waals surface area (Å²) in [7, 11) is 0. The lowest BCUT2D eigenvalue weighted by Crippen LogP contribution is -2.18. The molecule has 7 heteroatoms. The highest BCUT2D eigenvalue weighted by Gasteiger charge is 2.20. The number of tetrazole rings is 1. The van der Waals surface area contributed by atoms with Crippen LogP contribution in [-0.2, 0) is 9.53 Å². The molecule has 0 fully saturated rings. The number of aromatic nitrogens is 4. The number of ether oxygens (including phenoxy) is 1. The molecule has 2 aromatic rings. The average Bonchev–Trinajstić information content (AvgIpc) is 2.95. The molecule has 1 atom stereocenters. The molecule has 0 saturated carbocycles. The van der Waals surface area contributed by atoms with Crippen LogP contribution in [0.3, 0.4) is 0 Å². The van der Waals surface area contributed by atoms with E-state index >= 15 is 0 Å². The fraction of sp³-hybridized carbons (Fsp3) is 0.467. The predicted molar refractivity (Wildman–Crippen MR) is 85.1 cm³/mol. The number of benzene rings is 1. The molecule has 0 amide bonds. The Morgan fingerprint density at radius 3 is 3.00 bits per heavy atom. The summed E-state index contributed by atoms with van der Waals surface area (Å²) in [4.78, 5) is 11.9. The van der Waals surface area contributed by atoms with E-state index in [9.17, 15) is 4.79 Å². The van der Waals surface area contributed by atoms with E-state index in [2.05, 4.69) is 22.4 Å². The van der Waals surface area contributed by atoms with Crippen LogP contribution in [0, 0.1) is 6.92 Å². The zero-order valence-corrected chi connectivity index (χ0v) is 13.8. The molecule has 0 aliphatic carbocycles. The van der Waals surface area contributed by atoms with Crippen molar-refractivity contribution < 1.29 is 9.53 Å². The van der Waals surface area contributed by atoms with Crippen molar-refractivity contribution >= 4 is 17.7 Å². The molecule has 0 N–H and O–H groups in total. The van der Waals surface area contributed by atoms with Gasteiger partial charge in [0.25, 0.3) is 0 Å². The minimum absolute atomic E-state index is 0.239. The molecule has 1 aromatic heterocycles. The summed E-state index contributed by atoms with van der Waals surface area (Å²) < 4.78 is 6.85. The van der Waals surface area contributed by atoms with Crippen LogP contribution in [0.15, 0.2) is 29.4 Å². The number of aryl methyl sites for hydroxylation is 1. The van der Waals surface area contributed by atoms with E-state index in [1.54, 1.807) is 11.6 Å². The van der Waals surface area contributed by atoms with Crippen molar-refractivity contribution in [2.24, 2.45) is 0 Å². The summed E-state index contributed by atoms with van der Waals surface area (Å²) in [5.41, 5.74) is 2.00. The smallest absolute Gasteiger partial charge is 0.319 e. The van der Waals surface area contributed by atoms with Crippen molar-refractivity contribution in [3.05, 3.63) is 29.8 Å². The number of carbonyl (C=O) groups is 1. The molecule has 2 rings (SSSR count). The molecule has 0 spiro atoms. The van der Waals surface area contributed by atoms with Gasteiger partial charge in [0.05, 0.1) is 12.3 Å². The van der Waals surface area contributed by atoms with E-state index in [0.29, 0.717) is 11.8 Å². The molecular weight excluding hydrogens is 300 g/mol. The minimum Gasteiger partial charge on any atom is -0.465 e. The van der Waals surface area contributed by atoms with Gasteiger partial charge >= 0.3 is 5.97 Å². The Labute approximate surface area is 134 Å². The van der Waals surface area contributed by atoms with E-state index in [1.807, 2.05) is 31.2 Å². The monoisotopic (exact) mass is 320 g/mol. The number of hydrogen-bond donors (Lipinski definition) is 0. The van der Waals surface area contributed by atoms with Crippen molar-refractivity contribution in [2.45, 2.75) is 44.0 Å². The van der Waals surface area contributed by atoms with Crippen molar-refractivity contribution in [1.82, 2.24) is 20.2 Å². The topological polar surface area (TPSA) is 69.9 Å². The predicted octanol–water partition coefficient (Wildman–Crippen LogP) is 2.79. The molecule has 1 unspecified atom stereocenters. The van der Waals surface area contributed by atoms with Gasteiger partial charge in [-0.25, -0.2) is 0 Å². The summed E-state index contributed by atoms with van der Waals surface area (Å²) in [5, 5.41) is 11.9. The van der Waals surface area contributed by atoms with Gasteiger partial charge in [0.15, 0.2) is 0 Å². The largest absolute Gasteiger partial charge is 0.465 e. The van der Waals surface area contributed by atoms with E-state index < -0.39 is 0 Å². The standard InChI is InChI=1S/C15H20N4O2S/c1-4-5-9-21-14(20)12(3)22-15-16-17-18-19(15)13-8-6-7-11(2)10-13/h6-8,10,12H,4-5,9H2,1-3H3. The van der Waals surface area contributed by atoms with Gasteiger partial charge in [-0.3, -0.25) is 4.79 Å². The van der Waals surface area contributed by atoms with Crippen LogP contribution in [0.1, 0.15) is 32.3 Å². The van der Waals surface area contributed by atoms with E-state index in [-0.39, 0.29) is 11.2 Å². The van der Waals surface area contributed by atoms with Gasteiger partial charge in [0.1, 0.15) is 5.25 Å². The molecule has 6 nitrogen and oxygen atoms in total. The Hall–Kier alpha value is -1.89. The highest BCUT2D eigenvalue weighted by Crippen LogP contribution is 2.23. The number of esters is 1. The second-order valence-corrected chi connectivity index (χ2v) is 6.30. The maximum atomic E-state index is 11.9. The maximum absolute atomic E-state index is 11.9. The average molecular weight is 320 g/mol. The van der Waals surface area contributed by atoms with Crippen molar-refractivity contribution in [1.29, 1.82) is 0 Å². The van der Waals surface area contributed by atoms with Crippen LogP contribution < -0.4 is 0 Å². The molecule has 1 heterocycles. The van der Waals surface area contributed by atoms with Gasteiger partial charge in [-0.05, 0) is 48.4 Å². The normalized spacial score (nSPS) is 12.1. The zero-order chi connectivity index (χ0) is 15.9. The SMILES string of the molecule is CCCCOC(=O)C(C)Sc1nnnn1-c1cccc(C)c1. The van der Waals surface area contributed by atoms with E-state index in [4.69, 9.17) is 4.74 Å². The van der Waals surface area contributed by atoms with Gasteiger partial charge in [-0.15, -0.1) is 5.10 Å². The number of nitrogens with zero attached hydrogens (tertiary/aromatic N) is 4. The number of thioether (sulfide) groups is 1. The van der Waals surface area contributed by atoms with Gasteiger partial charge in [0, 0.05) is 0 Å². The second kappa shape index (κ2) is 7.93.